The van der Waals surface area contributed by atoms with Crippen molar-refractivity contribution in [2.75, 3.05) is 0 Å². The molecule has 1 aliphatic carbocycles. The molecule has 1 unspecified atom stereocenters. The summed E-state index contributed by atoms with van der Waals surface area (Å²) in [5.41, 5.74) is 4.75. The molecule has 0 saturated carbocycles. The van der Waals surface area contributed by atoms with E-state index in [2.05, 4.69) is 33.8 Å². The van der Waals surface area contributed by atoms with Crippen molar-refractivity contribution in [3.05, 3.63) is 22.8 Å². The highest BCUT2D eigenvalue weighted by atomic mass is 14.2. The molecule has 0 heteroatoms. The van der Waals surface area contributed by atoms with Crippen molar-refractivity contribution >= 4 is 0 Å². The van der Waals surface area contributed by atoms with Crippen molar-refractivity contribution in [2.24, 2.45) is 5.92 Å². The molecule has 0 nitrogen and oxygen atoms in total. The van der Waals surface area contributed by atoms with E-state index in [1.807, 2.05) is 0 Å². The molecule has 12 heavy (non-hydrogen) atoms. The average molecular weight is 164 g/mol. The number of allylic oxidation sites excluding steroid dienone is 4. The lowest BCUT2D eigenvalue weighted by Gasteiger charge is -2.06. The Morgan fingerprint density at radius 3 is 2.42 bits per heavy atom. The van der Waals surface area contributed by atoms with Crippen LogP contribution in [0.3, 0.4) is 0 Å². The van der Waals surface area contributed by atoms with Crippen molar-refractivity contribution in [1.29, 1.82) is 0 Å². The Balaban J connectivity index is 2.67. The van der Waals surface area contributed by atoms with Gasteiger partial charge in [-0.25, -0.2) is 0 Å². The SMILES string of the molecule is CCCCC1=C(C)C(C)C=C1C. The minimum atomic E-state index is 0.692. The van der Waals surface area contributed by atoms with Gasteiger partial charge < -0.3 is 0 Å². The molecule has 0 N–H and O–H groups in total. The van der Waals surface area contributed by atoms with E-state index >= 15 is 0 Å². The Morgan fingerprint density at radius 2 is 2.00 bits per heavy atom. The quantitative estimate of drug-likeness (QED) is 0.589. The summed E-state index contributed by atoms with van der Waals surface area (Å²) in [4.78, 5) is 0. The predicted octanol–water partition coefficient (Wildman–Crippen LogP) is 4.09. The van der Waals surface area contributed by atoms with E-state index in [-0.39, 0.29) is 0 Å². The topological polar surface area (TPSA) is 0 Å². The van der Waals surface area contributed by atoms with Crippen molar-refractivity contribution in [3.8, 4) is 0 Å². The summed E-state index contributed by atoms with van der Waals surface area (Å²) in [6, 6.07) is 0. The van der Waals surface area contributed by atoms with E-state index in [0.29, 0.717) is 5.92 Å². The number of hydrogen-bond acceptors (Lipinski definition) is 0. The number of hydrogen-bond donors (Lipinski definition) is 0. The standard InChI is InChI=1S/C12H20/c1-5-6-7-12-10(3)8-9(2)11(12)4/h8-9H,5-7H2,1-4H3. The van der Waals surface area contributed by atoms with E-state index < -0.39 is 0 Å². The Bertz CT molecular complexity index is 218. The maximum absolute atomic E-state index is 2.39. The molecule has 0 aromatic heterocycles. The zero-order valence-electron chi connectivity index (χ0n) is 8.78. The second-order valence-electron chi connectivity index (χ2n) is 3.90. The van der Waals surface area contributed by atoms with Crippen LogP contribution < -0.4 is 0 Å². The van der Waals surface area contributed by atoms with Crippen molar-refractivity contribution in [2.45, 2.75) is 47.0 Å². The van der Waals surface area contributed by atoms with Crippen LogP contribution in [-0.4, -0.2) is 0 Å². The third-order valence-electron chi connectivity index (χ3n) is 2.92. The first-order valence-corrected chi connectivity index (χ1v) is 5.05. The minimum Gasteiger partial charge on any atom is -0.0744 e. The second kappa shape index (κ2) is 3.93. The molecule has 1 rings (SSSR count). The van der Waals surface area contributed by atoms with Gasteiger partial charge in [0, 0.05) is 0 Å². The molecular formula is C12H20. The highest BCUT2D eigenvalue weighted by Gasteiger charge is 2.16. The van der Waals surface area contributed by atoms with Gasteiger partial charge in [0.15, 0.2) is 0 Å². The van der Waals surface area contributed by atoms with E-state index in [1.54, 1.807) is 11.1 Å². The van der Waals surface area contributed by atoms with Crippen molar-refractivity contribution in [1.82, 2.24) is 0 Å². The average Bonchev–Trinajstić information content (AvgIpc) is 2.25. The molecule has 0 aromatic rings. The summed E-state index contributed by atoms with van der Waals surface area (Å²) in [6.07, 6.45) is 6.32. The third kappa shape index (κ3) is 1.80. The second-order valence-corrected chi connectivity index (χ2v) is 3.90. The Kier molecular flexibility index (Phi) is 3.13. The summed E-state index contributed by atoms with van der Waals surface area (Å²) < 4.78 is 0. The van der Waals surface area contributed by atoms with Gasteiger partial charge in [0.05, 0.1) is 0 Å². The fourth-order valence-electron chi connectivity index (χ4n) is 1.93. The van der Waals surface area contributed by atoms with Crippen LogP contribution in [0.1, 0.15) is 47.0 Å². The molecule has 0 aliphatic heterocycles. The fraction of sp³-hybridized carbons (Fsp3) is 0.667. The van der Waals surface area contributed by atoms with Crippen molar-refractivity contribution in [3.63, 3.8) is 0 Å². The molecule has 0 aromatic carbocycles. The van der Waals surface area contributed by atoms with Gasteiger partial charge in [-0.05, 0) is 38.2 Å². The lowest BCUT2D eigenvalue weighted by molar-refractivity contribution is 0.779. The van der Waals surface area contributed by atoms with Gasteiger partial charge >= 0.3 is 0 Å². The largest absolute Gasteiger partial charge is 0.0744 e. The van der Waals surface area contributed by atoms with Gasteiger partial charge in [-0.3, -0.25) is 0 Å². The van der Waals surface area contributed by atoms with Crippen LogP contribution >= 0.6 is 0 Å². The number of unbranched alkanes of at least 4 members (excludes halogenated alkanes) is 1. The monoisotopic (exact) mass is 164 g/mol. The van der Waals surface area contributed by atoms with Crippen LogP contribution in [0, 0.1) is 5.92 Å². The maximum Gasteiger partial charge on any atom is -0.00427 e. The molecule has 0 fully saturated rings. The van der Waals surface area contributed by atoms with Gasteiger partial charge in [0.2, 0.25) is 0 Å². The molecule has 0 saturated heterocycles. The fourth-order valence-corrected chi connectivity index (χ4v) is 1.93. The van der Waals surface area contributed by atoms with E-state index in [4.69, 9.17) is 0 Å². The zero-order valence-corrected chi connectivity index (χ0v) is 8.78. The summed E-state index contributed by atoms with van der Waals surface area (Å²) in [7, 11) is 0. The Hall–Kier alpha value is -0.520. The highest BCUT2D eigenvalue weighted by molar-refractivity contribution is 5.42. The van der Waals surface area contributed by atoms with Crippen LogP contribution in [0.15, 0.2) is 22.8 Å². The van der Waals surface area contributed by atoms with Gasteiger partial charge in [-0.15, -0.1) is 0 Å². The first-order valence-electron chi connectivity index (χ1n) is 5.05. The van der Waals surface area contributed by atoms with Crippen molar-refractivity contribution < 1.29 is 0 Å². The Labute approximate surface area is 76.4 Å². The first kappa shape index (κ1) is 9.57. The van der Waals surface area contributed by atoms with Gasteiger partial charge in [0.25, 0.3) is 0 Å². The molecule has 0 radical (unpaired) electrons. The zero-order chi connectivity index (χ0) is 9.14. The molecule has 68 valence electrons. The normalized spacial score (nSPS) is 23.3. The van der Waals surface area contributed by atoms with E-state index in [9.17, 15) is 0 Å². The molecule has 0 amide bonds. The van der Waals surface area contributed by atoms with Crippen LogP contribution in [0.4, 0.5) is 0 Å². The van der Waals surface area contributed by atoms with Gasteiger partial charge in [0.1, 0.15) is 0 Å². The number of rotatable bonds is 3. The van der Waals surface area contributed by atoms with Gasteiger partial charge in [-0.2, -0.15) is 0 Å². The molecule has 1 aliphatic rings. The summed E-state index contributed by atoms with van der Waals surface area (Å²) >= 11 is 0. The molecule has 0 bridgehead atoms. The van der Waals surface area contributed by atoms with Gasteiger partial charge in [-0.1, -0.05) is 37.5 Å². The summed E-state index contributed by atoms with van der Waals surface area (Å²) in [5, 5.41) is 0. The highest BCUT2D eigenvalue weighted by Crippen LogP contribution is 2.33. The predicted molar refractivity (Wildman–Crippen MR) is 55.1 cm³/mol. The molecule has 1 atom stereocenters. The minimum absolute atomic E-state index is 0.692. The van der Waals surface area contributed by atoms with E-state index in [1.165, 1.54) is 24.8 Å². The van der Waals surface area contributed by atoms with E-state index in [0.717, 1.165) is 0 Å². The summed E-state index contributed by atoms with van der Waals surface area (Å²) in [5.74, 6) is 0.692. The lowest BCUT2D eigenvalue weighted by atomic mass is 9.99. The maximum atomic E-state index is 2.39. The molecule has 0 heterocycles. The van der Waals surface area contributed by atoms with Crippen LogP contribution in [0.2, 0.25) is 0 Å². The summed E-state index contributed by atoms with van der Waals surface area (Å²) in [6.45, 7) is 9.08. The molecule has 0 spiro atoms. The van der Waals surface area contributed by atoms with Crippen LogP contribution in [0.5, 0.6) is 0 Å². The Morgan fingerprint density at radius 1 is 1.33 bits per heavy atom. The van der Waals surface area contributed by atoms with Crippen LogP contribution in [-0.2, 0) is 0 Å². The molecular weight excluding hydrogens is 144 g/mol. The smallest absolute Gasteiger partial charge is 0.00427 e. The lowest BCUT2D eigenvalue weighted by Crippen LogP contribution is -1.89. The first-order chi connectivity index (χ1) is 5.66. The van der Waals surface area contributed by atoms with Crippen LogP contribution in [0.25, 0.3) is 0 Å². The third-order valence-corrected chi connectivity index (χ3v) is 2.92.